The Kier molecular flexibility index (Phi) is 8.45. The molecule has 1 heterocycles. The minimum atomic E-state index is -0.356. The Bertz CT molecular complexity index is 1030. The van der Waals surface area contributed by atoms with E-state index >= 15 is 0 Å². The quantitative estimate of drug-likeness (QED) is 0.531. The second-order valence-electron chi connectivity index (χ2n) is 7.31. The van der Waals surface area contributed by atoms with Crippen LogP contribution in [0.25, 0.3) is 0 Å². The minimum absolute atomic E-state index is 0.0826. The molecule has 1 N–H and O–H groups in total. The number of halogens is 1. The summed E-state index contributed by atoms with van der Waals surface area (Å²) in [6, 6.07) is 19.0. The van der Waals surface area contributed by atoms with Crippen LogP contribution in [0.2, 0.25) is 0 Å². The summed E-state index contributed by atoms with van der Waals surface area (Å²) in [6.07, 6.45) is 2.63. The van der Waals surface area contributed by atoms with Gasteiger partial charge in [-0.15, -0.1) is 0 Å². The van der Waals surface area contributed by atoms with Crippen LogP contribution >= 0.6 is 0 Å². The first-order valence-corrected chi connectivity index (χ1v) is 10.3. The van der Waals surface area contributed by atoms with Gasteiger partial charge in [-0.05, 0) is 47.5 Å². The number of ether oxygens (including phenoxy) is 1. The lowest BCUT2D eigenvalue weighted by Gasteiger charge is -2.23. The average molecular weight is 435 g/mol. The van der Waals surface area contributed by atoms with E-state index in [0.717, 1.165) is 11.3 Å². The van der Waals surface area contributed by atoms with Gasteiger partial charge in [0.1, 0.15) is 12.4 Å². The SMILES string of the molecule is COCC(=O)N(Cc1cccc(F)c1)c1ccc(CC(=O)NCCc2ccccn2)cc1. The van der Waals surface area contributed by atoms with Gasteiger partial charge in [-0.2, -0.15) is 0 Å². The van der Waals surface area contributed by atoms with Crippen LogP contribution in [0.4, 0.5) is 10.1 Å². The van der Waals surface area contributed by atoms with Crippen molar-refractivity contribution in [1.82, 2.24) is 10.3 Å². The van der Waals surface area contributed by atoms with Gasteiger partial charge >= 0.3 is 0 Å². The maximum absolute atomic E-state index is 13.6. The Morgan fingerprint density at radius 3 is 2.53 bits per heavy atom. The number of carbonyl (C=O) groups excluding carboxylic acids is 2. The minimum Gasteiger partial charge on any atom is -0.375 e. The van der Waals surface area contributed by atoms with Crippen molar-refractivity contribution in [2.75, 3.05) is 25.2 Å². The van der Waals surface area contributed by atoms with Crippen LogP contribution in [0, 0.1) is 5.82 Å². The molecule has 0 saturated heterocycles. The first-order chi connectivity index (χ1) is 15.5. The van der Waals surface area contributed by atoms with Gasteiger partial charge < -0.3 is 15.0 Å². The summed E-state index contributed by atoms with van der Waals surface area (Å²) in [4.78, 5) is 30.6. The van der Waals surface area contributed by atoms with Gasteiger partial charge in [0.25, 0.3) is 5.91 Å². The highest BCUT2D eigenvalue weighted by atomic mass is 19.1. The van der Waals surface area contributed by atoms with Crippen LogP contribution in [0.1, 0.15) is 16.8 Å². The summed E-state index contributed by atoms with van der Waals surface area (Å²) < 4.78 is 18.5. The summed E-state index contributed by atoms with van der Waals surface area (Å²) in [5.41, 5.74) is 3.08. The maximum atomic E-state index is 13.6. The number of amides is 2. The van der Waals surface area contributed by atoms with E-state index in [1.807, 2.05) is 30.3 Å². The second kappa shape index (κ2) is 11.7. The topological polar surface area (TPSA) is 71.5 Å². The molecule has 3 rings (SSSR count). The number of hydrogen-bond donors (Lipinski definition) is 1. The van der Waals surface area contributed by atoms with Crippen LogP contribution in [0.3, 0.4) is 0 Å². The molecule has 0 radical (unpaired) electrons. The number of anilines is 1. The molecule has 0 aliphatic carbocycles. The largest absolute Gasteiger partial charge is 0.375 e. The Balaban J connectivity index is 1.60. The van der Waals surface area contributed by atoms with Gasteiger partial charge in [-0.25, -0.2) is 4.39 Å². The Morgan fingerprint density at radius 1 is 1.03 bits per heavy atom. The summed E-state index contributed by atoms with van der Waals surface area (Å²) >= 11 is 0. The molecule has 32 heavy (non-hydrogen) atoms. The average Bonchev–Trinajstić information content (AvgIpc) is 2.79. The zero-order valence-electron chi connectivity index (χ0n) is 18.0. The van der Waals surface area contributed by atoms with Gasteiger partial charge in [-0.3, -0.25) is 14.6 Å². The lowest BCUT2D eigenvalue weighted by atomic mass is 10.1. The number of methoxy groups -OCH3 is 1. The number of carbonyl (C=O) groups is 2. The van der Waals surface area contributed by atoms with E-state index in [4.69, 9.17) is 4.74 Å². The molecule has 3 aromatic rings. The van der Waals surface area contributed by atoms with Crippen LogP contribution in [-0.4, -0.2) is 37.1 Å². The number of hydrogen-bond acceptors (Lipinski definition) is 4. The van der Waals surface area contributed by atoms with Gasteiger partial charge in [0.2, 0.25) is 5.91 Å². The molecule has 0 saturated carbocycles. The van der Waals surface area contributed by atoms with Crippen molar-refractivity contribution in [3.05, 3.63) is 95.6 Å². The fourth-order valence-corrected chi connectivity index (χ4v) is 3.26. The first kappa shape index (κ1) is 23.1. The van der Waals surface area contributed by atoms with Gasteiger partial charge in [0.05, 0.1) is 13.0 Å². The third kappa shape index (κ3) is 6.99. The van der Waals surface area contributed by atoms with Gasteiger partial charge in [0.15, 0.2) is 0 Å². The summed E-state index contributed by atoms with van der Waals surface area (Å²) in [5.74, 6) is -0.677. The Morgan fingerprint density at radius 2 is 1.84 bits per heavy atom. The van der Waals surface area contributed by atoms with Crippen molar-refractivity contribution in [3.8, 4) is 0 Å². The summed E-state index contributed by atoms with van der Waals surface area (Å²) in [5, 5.41) is 2.89. The monoisotopic (exact) mass is 435 g/mol. The molecule has 0 aliphatic heterocycles. The molecular formula is C25H26FN3O3. The van der Waals surface area contributed by atoms with E-state index in [-0.39, 0.29) is 37.2 Å². The number of benzene rings is 2. The van der Waals surface area contributed by atoms with E-state index < -0.39 is 0 Å². The van der Waals surface area contributed by atoms with Crippen molar-refractivity contribution < 1.29 is 18.7 Å². The van der Waals surface area contributed by atoms with Crippen LogP contribution < -0.4 is 10.2 Å². The number of pyridine rings is 1. The third-order valence-electron chi connectivity index (χ3n) is 4.84. The van der Waals surface area contributed by atoms with Crippen molar-refractivity contribution in [2.24, 2.45) is 0 Å². The molecule has 2 amide bonds. The van der Waals surface area contributed by atoms with Gasteiger partial charge in [-0.1, -0.05) is 30.3 Å². The molecule has 0 spiro atoms. The zero-order valence-corrected chi connectivity index (χ0v) is 18.0. The van der Waals surface area contributed by atoms with Crippen molar-refractivity contribution in [2.45, 2.75) is 19.4 Å². The lowest BCUT2D eigenvalue weighted by molar-refractivity contribution is -0.122. The molecule has 2 aromatic carbocycles. The number of aromatic nitrogens is 1. The fourth-order valence-electron chi connectivity index (χ4n) is 3.26. The highest BCUT2D eigenvalue weighted by Gasteiger charge is 2.17. The molecule has 0 fully saturated rings. The molecule has 0 aliphatic rings. The normalized spacial score (nSPS) is 10.6. The maximum Gasteiger partial charge on any atom is 0.253 e. The smallest absolute Gasteiger partial charge is 0.253 e. The lowest BCUT2D eigenvalue weighted by Crippen LogP contribution is -2.33. The predicted octanol–water partition coefficient (Wildman–Crippen LogP) is 3.30. The van der Waals surface area contributed by atoms with Crippen molar-refractivity contribution in [1.29, 1.82) is 0 Å². The molecule has 6 nitrogen and oxygen atoms in total. The molecule has 1 aromatic heterocycles. The number of nitrogens with one attached hydrogen (secondary N) is 1. The fraction of sp³-hybridized carbons (Fsp3) is 0.240. The van der Waals surface area contributed by atoms with E-state index in [9.17, 15) is 14.0 Å². The third-order valence-corrected chi connectivity index (χ3v) is 4.84. The predicted molar refractivity (Wildman–Crippen MR) is 121 cm³/mol. The second-order valence-corrected chi connectivity index (χ2v) is 7.31. The van der Waals surface area contributed by atoms with Crippen LogP contribution in [0.5, 0.6) is 0 Å². The summed E-state index contributed by atoms with van der Waals surface area (Å²) in [7, 11) is 1.45. The van der Waals surface area contributed by atoms with Crippen LogP contribution in [0.15, 0.2) is 72.9 Å². The highest BCUT2D eigenvalue weighted by Crippen LogP contribution is 2.19. The number of nitrogens with zero attached hydrogens (tertiary/aromatic N) is 2. The van der Waals surface area contributed by atoms with Gasteiger partial charge in [0, 0.05) is 37.7 Å². The standard InChI is InChI=1S/C25H26FN3O3/c1-32-18-25(31)29(17-20-5-4-6-21(26)15-20)23-10-8-19(9-11-23)16-24(30)28-14-12-22-7-2-3-13-27-22/h2-11,13,15H,12,14,16-18H2,1H3,(H,28,30). The molecule has 0 bridgehead atoms. The first-order valence-electron chi connectivity index (χ1n) is 10.3. The molecular weight excluding hydrogens is 409 g/mol. The molecule has 0 atom stereocenters. The van der Waals surface area contributed by atoms with E-state index in [1.165, 1.54) is 24.1 Å². The number of rotatable bonds is 10. The summed E-state index contributed by atoms with van der Waals surface area (Å²) in [6.45, 7) is 0.643. The molecule has 7 heteroatoms. The molecule has 166 valence electrons. The van der Waals surface area contributed by atoms with Crippen molar-refractivity contribution >= 4 is 17.5 Å². The zero-order chi connectivity index (χ0) is 22.8. The van der Waals surface area contributed by atoms with E-state index in [0.29, 0.717) is 24.2 Å². The van der Waals surface area contributed by atoms with E-state index in [1.54, 1.807) is 30.5 Å². The van der Waals surface area contributed by atoms with Crippen molar-refractivity contribution in [3.63, 3.8) is 0 Å². The molecule has 0 unspecified atom stereocenters. The Hall–Kier alpha value is -3.58. The van der Waals surface area contributed by atoms with E-state index in [2.05, 4.69) is 10.3 Å². The highest BCUT2D eigenvalue weighted by molar-refractivity contribution is 5.94. The van der Waals surface area contributed by atoms with Crippen LogP contribution in [-0.2, 0) is 33.7 Å². The Labute approximate surface area is 187 Å².